The molecule has 22 heavy (non-hydrogen) atoms. The number of benzene rings is 1. The van der Waals surface area contributed by atoms with E-state index in [1.54, 1.807) is 0 Å². The molecule has 4 aromatic rings. The zero-order valence-electron chi connectivity index (χ0n) is 12.1. The van der Waals surface area contributed by atoms with E-state index in [1.165, 1.54) is 6.39 Å². The Bertz CT molecular complexity index is 924. The molecule has 5 heteroatoms. The van der Waals surface area contributed by atoms with E-state index < -0.39 is 0 Å². The SMILES string of the molecule is CCc1nnc2ccc(-c3ocnc3-c3ccccc3)cn12. The van der Waals surface area contributed by atoms with Gasteiger partial charge in [0.25, 0.3) is 0 Å². The summed E-state index contributed by atoms with van der Waals surface area (Å²) in [6, 6.07) is 13.9. The number of hydrogen-bond donors (Lipinski definition) is 0. The molecule has 3 heterocycles. The number of aryl methyl sites for hydroxylation is 1. The first-order valence-electron chi connectivity index (χ1n) is 7.19. The van der Waals surface area contributed by atoms with Crippen LogP contribution < -0.4 is 0 Å². The minimum atomic E-state index is 0.754. The lowest BCUT2D eigenvalue weighted by molar-refractivity contribution is 0.572. The Balaban J connectivity index is 1.88. The summed E-state index contributed by atoms with van der Waals surface area (Å²) in [7, 11) is 0. The number of aromatic nitrogens is 4. The van der Waals surface area contributed by atoms with Gasteiger partial charge < -0.3 is 4.42 Å². The summed E-state index contributed by atoms with van der Waals surface area (Å²) in [6.07, 6.45) is 4.31. The lowest BCUT2D eigenvalue weighted by atomic mass is 10.1. The van der Waals surface area contributed by atoms with Crippen LogP contribution in [0, 0.1) is 0 Å². The van der Waals surface area contributed by atoms with Crippen molar-refractivity contribution in [1.29, 1.82) is 0 Å². The van der Waals surface area contributed by atoms with Gasteiger partial charge in [-0.25, -0.2) is 4.98 Å². The van der Waals surface area contributed by atoms with E-state index in [1.807, 2.05) is 53.1 Å². The van der Waals surface area contributed by atoms with Crippen LogP contribution in [-0.2, 0) is 6.42 Å². The quantitative estimate of drug-likeness (QED) is 0.578. The molecule has 0 saturated carbocycles. The molecule has 0 aliphatic rings. The predicted molar refractivity (Wildman–Crippen MR) is 83.3 cm³/mol. The van der Waals surface area contributed by atoms with E-state index in [0.29, 0.717) is 0 Å². The van der Waals surface area contributed by atoms with Gasteiger partial charge in [0.05, 0.1) is 0 Å². The van der Waals surface area contributed by atoms with E-state index in [4.69, 9.17) is 4.42 Å². The summed E-state index contributed by atoms with van der Waals surface area (Å²) in [6.45, 7) is 2.06. The second-order valence-electron chi connectivity index (χ2n) is 5.01. The molecule has 0 aliphatic heterocycles. The van der Waals surface area contributed by atoms with E-state index in [-0.39, 0.29) is 0 Å². The molecule has 0 bridgehead atoms. The van der Waals surface area contributed by atoms with Gasteiger partial charge in [0, 0.05) is 23.7 Å². The van der Waals surface area contributed by atoms with Crippen LogP contribution in [0.25, 0.3) is 28.2 Å². The van der Waals surface area contributed by atoms with Crippen molar-refractivity contribution in [2.24, 2.45) is 0 Å². The second kappa shape index (κ2) is 5.11. The van der Waals surface area contributed by atoms with Gasteiger partial charge >= 0.3 is 0 Å². The van der Waals surface area contributed by atoms with Crippen LogP contribution in [0.4, 0.5) is 0 Å². The van der Waals surface area contributed by atoms with Gasteiger partial charge in [-0.2, -0.15) is 0 Å². The smallest absolute Gasteiger partial charge is 0.182 e. The van der Waals surface area contributed by atoms with Gasteiger partial charge in [0.2, 0.25) is 0 Å². The molecule has 0 fully saturated rings. The van der Waals surface area contributed by atoms with E-state index in [9.17, 15) is 0 Å². The Morgan fingerprint density at radius 1 is 1.00 bits per heavy atom. The maximum atomic E-state index is 5.64. The van der Waals surface area contributed by atoms with Crippen molar-refractivity contribution >= 4 is 5.65 Å². The van der Waals surface area contributed by atoms with E-state index in [0.717, 1.165) is 40.5 Å². The first-order chi connectivity index (χ1) is 10.9. The van der Waals surface area contributed by atoms with Crippen LogP contribution >= 0.6 is 0 Å². The summed E-state index contributed by atoms with van der Waals surface area (Å²) in [5.41, 5.74) is 3.66. The molecule has 0 spiro atoms. The lowest BCUT2D eigenvalue weighted by Gasteiger charge is -2.03. The lowest BCUT2D eigenvalue weighted by Crippen LogP contribution is -1.93. The van der Waals surface area contributed by atoms with Crippen LogP contribution in [-0.4, -0.2) is 19.6 Å². The van der Waals surface area contributed by atoms with Gasteiger partial charge in [0.15, 0.2) is 17.8 Å². The Labute approximate surface area is 127 Å². The molecule has 0 saturated heterocycles. The van der Waals surface area contributed by atoms with Crippen molar-refractivity contribution in [2.45, 2.75) is 13.3 Å². The van der Waals surface area contributed by atoms with Crippen LogP contribution in [0.1, 0.15) is 12.7 Å². The first kappa shape index (κ1) is 12.8. The zero-order chi connectivity index (χ0) is 14.9. The van der Waals surface area contributed by atoms with Crippen LogP contribution in [0.3, 0.4) is 0 Å². The zero-order valence-corrected chi connectivity index (χ0v) is 12.1. The molecule has 1 aromatic carbocycles. The fourth-order valence-electron chi connectivity index (χ4n) is 2.57. The Morgan fingerprint density at radius 3 is 2.68 bits per heavy atom. The van der Waals surface area contributed by atoms with E-state index in [2.05, 4.69) is 22.1 Å². The minimum Gasteiger partial charge on any atom is -0.443 e. The van der Waals surface area contributed by atoms with Crippen LogP contribution in [0.5, 0.6) is 0 Å². The number of oxazole rings is 1. The van der Waals surface area contributed by atoms with Gasteiger partial charge in [-0.15, -0.1) is 10.2 Å². The van der Waals surface area contributed by atoms with Crippen molar-refractivity contribution in [1.82, 2.24) is 19.6 Å². The molecule has 0 radical (unpaired) electrons. The molecule has 0 aliphatic carbocycles. The van der Waals surface area contributed by atoms with Crippen molar-refractivity contribution in [3.05, 3.63) is 60.9 Å². The monoisotopic (exact) mass is 290 g/mol. The Kier molecular flexibility index (Phi) is 2.96. The van der Waals surface area contributed by atoms with Gasteiger partial charge in [0.1, 0.15) is 11.5 Å². The molecule has 3 aromatic heterocycles. The maximum absolute atomic E-state index is 5.64. The van der Waals surface area contributed by atoms with Crippen LogP contribution in [0.2, 0.25) is 0 Å². The van der Waals surface area contributed by atoms with Gasteiger partial charge in [-0.1, -0.05) is 37.3 Å². The summed E-state index contributed by atoms with van der Waals surface area (Å²) in [5.74, 6) is 1.68. The maximum Gasteiger partial charge on any atom is 0.182 e. The molecule has 0 N–H and O–H groups in total. The Morgan fingerprint density at radius 2 is 1.86 bits per heavy atom. The van der Waals surface area contributed by atoms with Crippen LogP contribution in [0.15, 0.2) is 59.5 Å². The fraction of sp³-hybridized carbons (Fsp3) is 0.118. The minimum absolute atomic E-state index is 0.754. The van der Waals surface area contributed by atoms with Crippen molar-refractivity contribution in [2.75, 3.05) is 0 Å². The molecule has 108 valence electrons. The highest BCUT2D eigenvalue weighted by Crippen LogP contribution is 2.31. The molecule has 5 nitrogen and oxygen atoms in total. The third-order valence-electron chi connectivity index (χ3n) is 3.67. The molecule has 0 amide bonds. The highest BCUT2D eigenvalue weighted by molar-refractivity contribution is 5.76. The number of hydrogen-bond acceptors (Lipinski definition) is 4. The molecule has 4 rings (SSSR count). The van der Waals surface area contributed by atoms with Crippen molar-refractivity contribution < 1.29 is 4.42 Å². The topological polar surface area (TPSA) is 56.2 Å². The average Bonchev–Trinajstić information content (AvgIpc) is 3.21. The predicted octanol–water partition coefficient (Wildman–Crippen LogP) is 3.61. The molecule has 0 unspecified atom stereocenters. The normalized spacial score (nSPS) is 11.1. The first-order valence-corrected chi connectivity index (χ1v) is 7.19. The van der Waals surface area contributed by atoms with Crippen molar-refractivity contribution in [3.8, 4) is 22.6 Å². The van der Waals surface area contributed by atoms with Gasteiger partial charge in [-0.3, -0.25) is 4.40 Å². The number of fused-ring (bicyclic) bond motifs is 1. The summed E-state index contributed by atoms with van der Waals surface area (Å²) in [4.78, 5) is 4.37. The standard InChI is InChI=1S/C17H14N4O/c1-2-14-19-20-15-9-8-13(10-21(14)15)17-16(18-11-22-17)12-6-4-3-5-7-12/h3-11H,2H2,1H3. The highest BCUT2D eigenvalue weighted by atomic mass is 16.3. The summed E-state index contributed by atoms with van der Waals surface area (Å²) in [5, 5.41) is 8.34. The molecular weight excluding hydrogens is 276 g/mol. The fourth-order valence-corrected chi connectivity index (χ4v) is 2.57. The average molecular weight is 290 g/mol. The number of rotatable bonds is 3. The Hall–Kier alpha value is -2.95. The van der Waals surface area contributed by atoms with Gasteiger partial charge in [-0.05, 0) is 12.1 Å². The second-order valence-corrected chi connectivity index (χ2v) is 5.01. The van der Waals surface area contributed by atoms with Crippen molar-refractivity contribution in [3.63, 3.8) is 0 Å². The third-order valence-corrected chi connectivity index (χ3v) is 3.67. The van der Waals surface area contributed by atoms with E-state index >= 15 is 0 Å². The molecular formula is C17H14N4O. The third kappa shape index (κ3) is 1.98. The number of nitrogens with zero attached hydrogens (tertiary/aromatic N) is 4. The summed E-state index contributed by atoms with van der Waals surface area (Å²) >= 11 is 0. The molecule has 0 atom stereocenters. The number of pyridine rings is 1. The largest absolute Gasteiger partial charge is 0.443 e. The highest BCUT2D eigenvalue weighted by Gasteiger charge is 2.14. The summed E-state index contributed by atoms with van der Waals surface area (Å²) < 4.78 is 7.63.